The summed E-state index contributed by atoms with van der Waals surface area (Å²) in [5, 5.41) is 6.23. The van der Waals surface area contributed by atoms with Gasteiger partial charge in [-0.1, -0.05) is 0 Å². The Morgan fingerprint density at radius 2 is 2.45 bits per heavy atom. The molecule has 2 heterocycles. The van der Waals surface area contributed by atoms with Crippen LogP contribution in [0.1, 0.15) is 5.69 Å². The molecule has 11 heavy (non-hydrogen) atoms. The highest BCUT2D eigenvalue weighted by molar-refractivity contribution is 7.17. The minimum atomic E-state index is 1.01. The highest BCUT2D eigenvalue weighted by Crippen LogP contribution is 2.22. The third kappa shape index (κ3) is 0.826. The summed E-state index contributed by atoms with van der Waals surface area (Å²) in [6, 6.07) is 1.99. The lowest BCUT2D eigenvalue weighted by Gasteiger charge is -1.97. The lowest BCUT2D eigenvalue weighted by Crippen LogP contribution is -2.08. The van der Waals surface area contributed by atoms with Crippen molar-refractivity contribution < 1.29 is 4.84 Å². The number of hydrogen-bond acceptors (Lipinski definition) is 3. The first kappa shape index (κ1) is 6.67. The van der Waals surface area contributed by atoms with Crippen molar-refractivity contribution in [2.45, 2.75) is 6.92 Å². The maximum absolute atomic E-state index is 5.00. The molecule has 0 aliphatic rings. The maximum atomic E-state index is 5.00. The van der Waals surface area contributed by atoms with E-state index in [1.165, 1.54) is 4.70 Å². The van der Waals surface area contributed by atoms with Gasteiger partial charge in [-0.3, -0.25) is 0 Å². The van der Waals surface area contributed by atoms with E-state index in [1.807, 2.05) is 18.4 Å². The van der Waals surface area contributed by atoms with Gasteiger partial charge in [-0.25, -0.2) is 0 Å². The molecule has 0 radical (unpaired) electrons. The van der Waals surface area contributed by atoms with Crippen LogP contribution in [-0.2, 0) is 0 Å². The van der Waals surface area contributed by atoms with Crippen molar-refractivity contribution in [2.24, 2.45) is 0 Å². The van der Waals surface area contributed by atoms with Crippen LogP contribution in [0.4, 0.5) is 0 Å². The summed E-state index contributed by atoms with van der Waals surface area (Å²) in [4.78, 5) is 6.54. The van der Waals surface area contributed by atoms with Gasteiger partial charge in [-0.2, -0.15) is 0 Å². The Balaban J connectivity index is 2.76. The Bertz CT molecular complexity index is 377. The van der Waals surface area contributed by atoms with Crippen LogP contribution in [0.25, 0.3) is 10.2 Å². The number of thiophene rings is 1. The summed E-state index contributed by atoms with van der Waals surface area (Å²) in [6.45, 7) is 2.00. The van der Waals surface area contributed by atoms with E-state index in [1.54, 1.807) is 23.3 Å². The predicted molar refractivity (Wildman–Crippen MR) is 44.9 cm³/mol. The molecular formula is C7H8N2OS. The first-order chi connectivity index (χ1) is 5.33. The first-order valence-electron chi connectivity index (χ1n) is 3.30. The summed E-state index contributed by atoms with van der Waals surface area (Å²) >= 11 is 1.69. The molecule has 3 nitrogen and oxygen atoms in total. The Morgan fingerprint density at radius 1 is 1.64 bits per heavy atom. The van der Waals surface area contributed by atoms with Crippen molar-refractivity contribution >= 4 is 21.6 Å². The van der Waals surface area contributed by atoms with Gasteiger partial charge in [0.15, 0.2) is 0 Å². The maximum Gasteiger partial charge on any atom is 0.107 e. The average Bonchev–Trinajstić information content (AvgIpc) is 2.53. The molecule has 2 aromatic heterocycles. The van der Waals surface area contributed by atoms with Gasteiger partial charge in [0.05, 0.1) is 10.4 Å². The second-order valence-corrected chi connectivity index (χ2v) is 3.19. The van der Waals surface area contributed by atoms with E-state index in [-0.39, 0.29) is 0 Å². The smallest absolute Gasteiger partial charge is 0.107 e. The third-order valence-corrected chi connectivity index (χ3v) is 2.64. The number of fused-ring (bicyclic) bond motifs is 1. The molecule has 58 valence electrons. The highest BCUT2D eigenvalue weighted by Gasteiger charge is 2.06. The SMILES string of the molecule is COn1nc2ccsc2c1C. The summed E-state index contributed by atoms with van der Waals surface area (Å²) in [5.74, 6) is 0. The number of rotatable bonds is 1. The van der Waals surface area contributed by atoms with Gasteiger partial charge < -0.3 is 4.84 Å². The second kappa shape index (κ2) is 2.23. The van der Waals surface area contributed by atoms with E-state index in [0.717, 1.165) is 11.2 Å². The fourth-order valence-corrected chi connectivity index (χ4v) is 1.90. The largest absolute Gasteiger partial charge is 0.400 e. The summed E-state index contributed by atoms with van der Waals surface area (Å²) in [5.41, 5.74) is 2.08. The van der Waals surface area contributed by atoms with Crippen LogP contribution in [0.5, 0.6) is 0 Å². The minimum absolute atomic E-state index is 1.01. The predicted octanol–water partition coefficient (Wildman–Crippen LogP) is 1.46. The molecule has 0 aliphatic carbocycles. The topological polar surface area (TPSA) is 27.1 Å². The molecule has 0 saturated heterocycles. The lowest BCUT2D eigenvalue weighted by atomic mass is 10.4. The molecule has 0 bridgehead atoms. The van der Waals surface area contributed by atoms with Crippen LogP contribution in [0.15, 0.2) is 11.4 Å². The molecule has 0 aromatic carbocycles. The van der Waals surface area contributed by atoms with Crippen LogP contribution in [-0.4, -0.2) is 17.1 Å². The van der Waals surface area contributed by atoms with Gasteiger partial charge in [0.25, 0.3) is 0 Å². The van der Waals surface area contributed by atoms with E-state index in [9.17, 15) is 0 Å². The zero-order valence-electron chi connectivity index (χ0n) is 6.37. The summed E-state index contributed by atoms with van der Waals surface area (Å²) in [6.07, 6.45) is 0. The van der Waals surface area contributed by atoms with Gasteiger partial charge in [-0.05, 0) is 18.4 Å². The molecule has 0 N–H and O–H groups in total. The van der Waals surface area contributed by atoms with Crippen LogP contribution in [0.3, 0.4) is 0 Å². The van der Waals surface area contributed by atoms with Crippen LogP contribution < -0.4 is 4.84 Å². The molecule has 4 heteroatoms. The average molecular weight is 168 g/mol. The van der Waals surface area contributed by atoms with Crippen molar-refractivity contribution in [3.63, 3.8) is 0 Å². The Labute approximate surface area is 68.2 Å². The Morgan fingerprint density at radius 3 is 3.09 bits per heavy atom. The number of aromatic nitrogens is 2. The fourth-order valence-electron chi connectivity index (χ4n) is 1.09. The molecule has 0 amide bonds. The zero-order chi connectivity index (χ0) is 7.84. The highest BCUT2D eigenvalue weighted by atomic mass is 32.1. The molecule has 2 rings (SSSR count). The Kier molecular flexibility index (Phi) is 1.35. The van der Waals surface area contributed by atoms with Crippen molar-refractivity contribution in [3.05, 3.63) is 17.1 Å². The van der Waals surface area contributed by atoms with Crippen molar-refractivity contribution in [1.82, 2.24) is 9.94 Å². The fraction of sp³-hybridized carbons (Fsp3) is 0.286. The number of nitrogens with zero attached hydrogens (tertiary/aromatic N) is 2. The monoisotopic (exact) mass is 168 g/mol. The van der Waals surface area contributed by atoms with Crippen molar-refractivity contribution in [3.8, 4) is 0 Å². The van der Waals surface area contributed by atoms with E-state index in [0.29, 0.717) is 0 Å². The molecule has 0 atom stereocenters. The molecule has 0 saturated carbocycles. The standard InChI is InChI=1S/C7H8N2OS/c1-5-7-6(3-4-11-7)8-9(5)10-2/h3-4H,1-2H3. The molecule has 2 aromatic rings. The minimum Gasteiger partial charge on any atom is -0.400 e. The van der Waals surface area contributed by atoms with Gasteiger partial charge >= 0.3 is 0 Å². The molecule has 0 spiro atoms. The van der Waals surface area contributed by atoms with Gasteiger partial charge in [0.2, 0.25) is 0 Å². The van der Waals surface area contributed by atoms with Crippen LogP contribution in [0.2, 0.25) is 0 Å². The summed E-state index contributed by atoms with van der Waals surface area (Å²) in [7, 11) is 1.61. The van der Waals surface area contributed by atoms with E-state index >= 15 is 0 Å². The van der Waals surface area contributed by atoms with Gasteiger partial charge in [0.1, 0.15) is 12.6 Å². The molecule has 0 fully saturated rings. The normalized spacial score (nSPS) is 10.7. The first-order valence-corrected chi connectivity index (χ1v) is 4.18. The van der Waals surface area contributed by atoms with Gasteiger partial charge in [0, 0.05) is 0 Å². The van der Waals surface area contributed by atoms with E-state index in [4.69, 9.17) is 4.84 Å². The third-order valence-electron chi connectivity index (χ3n) is 1.63. The van der Waals surface area contributed by atoms with E-state index < -0.39 is 0 Å². The van der Waals surface area contributed by atoms with Crippen molar-refractivity contribution in [2.75, 3.05) is 7.11 Å². The Hall–Kier alpha value is -1.03. The van der Waals surface area contributed by atoms with Crippen LogP contribution in [0, 0.1) is 6.92 Å². The number of aryl methyl sites for hydroxylation is 1. The van der Waals surface area contributed by atoms with E-state index in [2.05, 4.69) is 5.10 Å². The second-order valence-electron chi connectivity index (χ2n) is 2.28. The summed E-state index contributed by atoms with van der Waals surface area (Å²) < 4.78 is 1.20. The zero-order valence-corrected chi connectivity index (χ0v) is 7.18. The lowest BCUT2D eigenvalue weighted by molar-refractivity contribution is 0.130. The molecule has 0 aliphatic heterocycles. The molecular weight excluding hydrogens is 160 g/mol. The van der Waals surface area contributed by atoms with Gasteiger partial charge in [-0.15, -0.1) is 21.3 Å². The number of hydrogen-bond donors (Lipinski definition) is 0. The molecule has 0 unspecified atom stereocenters. The van der Waals surface area contributed by atoms with Crippen molar-refractivity contribution in [1.29, 1.82) is 0 Å². The quantitative estimate of drug-likeness (QED) is 0.644. The van der Waals surface area contributed by atoms with Crippen LogP contribution >= 0.6 is 11.3 Å².